The van der Waals surface area contributed by atoms with Gasteiger partial charge in [0.1, 0.15) is 10.7 Å². The molecule has 3 aromatic rings. The largest absolute Gasteiger partial charge is 0.369 e. The van der Waals surface area contributed by atoms with E-state index in [4.69, 9.17) is 0 Å². The maximum atomic E-state index is 12.9. The SMILES string of the molecule is Cc1cnccc1N1CCCN(C(=O)c2csc(-c3cccs3)n2)CC1. The molecule has 3 aromatic heterocycles. The number of carbonyl (C=O) groups excluding carboxylic acids is 1. The summed E-state index contributed by atoms with van der Waals surface area (Å²) in [5.74, 6) is 0.0392. The predicted octanol–water partition coefficient (Wildman–Crippen LogP) is 3.93. The van der Waals surface area contributed by atoms with Crippen LogP contribution in [0, 0.1) is 6.92 Å². The van der Waals surface area contributed by atoms with Gasteiger partial charge in [-0.3, -0.25) is 9.78 Å². The first-order chi connectivity index (χ1) is 12.7. The number of aromatic nitrogens is 2. The van der Waals surface area contributed by atoms with Crippen molar-refractivity contribution in [3.8, 4) is 9.88 Å². The van der Waals surface area contributed by atoms with E-state index in [1.54, 1.807) is 11.3 Å². The average molecular weight is 385 g/mol. The number of rotatable bonds is 3. The Bertz CT molecular complexity index is 891. The van der Waals surface area contributed by atoms with Crippen LogP contribution in [0.3, 0.4) is 0 Å². The van der Waals surface area contributed by atoms with Crippen molar-refractivity contribution in [1.82, 2.24) is 14.9 Å². The molecule has 134 valence electrons. The van der Waals surface area contributed by atoms with E-state index in [1.165, 1.54) is 22.6 Å². The van der Waals surface area contributed by atoms with E-state index in [0.29, 0.717) is 12.2 Å². The van der Waals surface area contributed by atoms with Crippen molar-refractivity contribution >= 4 is 34.3 Å². The van der Waals surface area contributed by atoms with Gasteiger partial charge in [-0.05, 0) is 36.4 Å². The summed E-state index contributed by atoms with van der Waals surface area (Å²) in [4.78, 5) is 27.0. The first-order valence-corrected chi connectivity index (χ1v) is 10.4. The Morgan fingerprint density at radius 1 is 1.15 bits per heavy atom. The van der Waals surface area contributed by atoms with Crippen molar-refractivity contribution in [3.63, 3.8) is 0 Å². The van der Waals surface area contributed by atoms with Crippen LogP contribution < -0.4 is 4.90 Å². The highest BCUT2D eigenvalue weighted by molar-refractivity contribution is 7.20. The lowest BCUT2D eigenvalue weighted by atomic mass is 10.2. The van der Waals surface area contributed by atoms with Crippen LogP contribution in [0.15, 0.2) is 41.4 Å². The fraction of sp³-hybridized carbons (Fsp3) is 0.316. The Morgan fingerprint density at radius 3 is 2.88 bits per heavy atom. The monoisotopic (exact) mass is 384 g/mol. The summed E-state index contributed by atoms with van der Waals surface area (Å²) in [6.07, 6.45) is 4.68. The molecule has 0 saturated carbocycles. The van der Waals surface area contributed by atoms with Gasteiger partial charge in [0.15, 0.2) is 0 Å². The van der Waals surface area contributed by atoms with Crippen molar-refractivity contribution in [1.29, 1.82) is 0 Å². The van der Waals surface area contributed by atoms with E-state index in [-0.39, 0.29) is 5.91 Å². The van der Waals surface area contributed by atoms with Gasteiger partial charge in [0.25, 0.3) is 5.91 Å². The standard InChI is InChI=1S/C19H20N4OS2/c1-14-12-20-6-5-16(14)22-7-3-8-23(10-9-22)19(24)15-13-26-18(21-15)17-4-2-11-25-17/h2,4-6,11-13H,3,7-10H2,1H3. The zero-order valence-corrected chi connectivity index (χ0v) is 16.2. The molecule has 0 radical (unpaired) electrons. The average Bonchev–Trinajstić information content (AvgIpc) is 3.29. The normalized spacial score (nSPS) is 15.1. The Balaban J connectivity index is 1.46. The van der Waals surface area contributed by atoms with Crippen LogP contribution >= 0.6 is 22.7 Å². The molecule has 0 unspecified atom stereocenters. The van der Waals surface area contributed by atoms with Crippen LogP contribution in [-0.2, 0) is 0 Å². The second-order valence-corrected chi connectivity index (χ2v) is 8.12. The Morgan fingerprint density at radius 2 is 2.08 bits per heavy atom. The summed E-state index contributed by atoms with van der Waals surface area (Å²) >= 11 is 3.19. The minimum Gasteiger partial charge on any atom is -0.369 e. The molecule has 26 heavy (non-hydrogen) atoms. The van der Waals surface area contributed by atoms with Gasteiger partial charge in [-0.25, -0.2) is 4.98 Å². The van der Waals surface area contributed by atoms with Crippen LogP contribution in [0.1, 0.15) is 22.5 Å². The van der Waals surface area contributed by atoms with Crippen molar-refractivity contribution in [3.05, 3.63) is 52.6 Å². The third-order valence-corrected chi connectivity index (χ3v) is 6.45. The summed E-state index contributed by atoms with van der Waals surface area (Å²) in [7, 11) is 0. The summed E-state index contributed by atoms with van der Waals surface area (Å²) in [5, 5.41) is 4.84. The van der Waals surface area contributed by atoms with E-state index < -0.39 is 0 Å². The number of nitrogens with zero attached hydrogens (tertiary/aromatic N) is 4. The molecule has 4 heterocycles. The Hall–Kier alpha value is -2.25. The fourth-order valence-corrected chi connectivity index (χ4v) is 4.84. The van der Waals surface area contributed by atoms with Gasteiger partial charge in [-0.1, -0.05) is 6.07 Å². The molecule has 1 aliphatic heterocycles. The second kappa shape index (κ2) is 7.55. The van der Waals surface area contributed by atoms with Crippen molar-refractivity contribution < 1.29 is 4.79 Å². The molecule has 1 fully saturated rings. The Labute approximate surface area is 160 Å². The zero-order chi connectivity index (χ0) is 17.9. The molecule has 0 aliphatic carbocycles. The molecule has 0 N–H and O–H groups in total. The van der Waals surface area contributed by atoms with Crippen LogP contribution in [-0.4, -0.2) is 47.0 Å². The smallest absolute Gasteiger partial charge is 0.273 e. The first kappa shape index (κ1) is 17.2. The summed E-state index contributed by atoms with van der Waals surface area (Å²) < 4.78 is 0. The quantitative estimate of drug-likeness (QED) is 0.687. The minimum atomic E-state index is 0.0392. The number of anilines is 1. The number of thiazole rings is 1. The molecule has 1 aliphatic rings. The number of aryl methyl sites for hydroxylation is 1. The van der Waals surface area contributed by atoms with Crippen LogP contribution in [0.2, 0.25) is 0 Å². The number of hydrogen-bond donors (Lipinski definition) is 0. The van der Waals surface area contributed by atoms with E-state index in [1.807, 2.05) is 40.2 Å². The van der Waals surface area contributed by atoms with E-state index in [0.717, 1.165) is 35.9 Å². The van der Waals surface area contributed by atoms with E-state index >= 15 is 0 Å². The number of pyridine rings is 1. The molecule has 4 rings (SSSR count). The number of thiophene rings is 1. The maximum absolute atomic E-state index is 12.9. The fourth-order valence-electron chi connectivity index (χ4n) is 3.23. The van der Waals surface area contributed by atoms with Gasteiger partial charge in [0, 0.05) is 49.6 Å². The lowest BCUT2D eigenvalue weighted by molar-refractivity contribution is 0.0762. The third-order valence-electron chi connectivity index (χ3n) is 4.57. The molecule has 1 saturated heterocycles. The van der Waals surface area contributed by atoms with Gasteiger partial charge < -0.3 is 9.80 Å². The lowest BCUT2D eigenvalue weighted by Crippen LogP contribution is -2.35. The summed E-state index contributed by atoms with van der Waals surface area (Å²) in [6, 6.07) is 6.10. The molecule has 5 nitrogen and oxygen atoms in total. The first-order valence-electron chi connectivity index (χ1n) is 8.66. The summed E-state index contributed by atoms with van der Waals surface area (Å²) in [5.41, 5.74) is 2.95. The third kappa shape index (κ3) is 3.50. The topological polar surface area (TPSA) is 49.3 Å². The lowest BCUT2D eigenvalue weighted by Gasteiger charge is -2.24. The van der Waals surface area contributed by atoms with Crippen LogP contribution in [0.5, 0.6) is 0 Å². The highest BCUT2D eigenvalue weighted by Crippen LogP contribution is 2.28. The predicted molar refractivity (Wildman–Crippen MR) is 107 cm³/mol. The van der Waals surface area contributed by atoms with Gasteiger partial charge in [-0.2, -0.15) is 0 Å². The molecular weight excluding hydrogens is 364 g/mol. The minimum absolute atomic E-state index is 0.0392. The highest BCUT2D eigenvalue weighted by atomic mass is 32.1. The second-order valence-electron chi connectivity index (χ2n) is 6.31. The molecule has 0 atom stereocenters. The molecular formula is C19H20N4OS2. The number of hydrogen-bond acceptors (Lipinski definition) is 6. The van der Waals surface area contributed by atoms with Gasteiger partial charge in [0.05, 0.1) is 4.88 Å². The maximum Gasteiger partial charge on any atom is 0.273 e. The number of carbonyl (C=O) groups is 1. The Kier molecular flexibility index (Phi) is 4.99. The van der Waals surface area contributed by atoms with Crippen LogP contribution in [0.25, 0.3) is 9.88 Å². The molecule has 0 bridgehead atoms. The molecule has 7 heteroatoms. The van der Waals surface area contributed by atoms with Crippen molar-refractivity contribution in [2.24, 2.45) is 0 Å². The van der Waals surface area contributed by atoms with E-state index in [9.17, 15) is 4.79 Å². The van der Waals surface area contributed by atoms with Crippen molar-refractivity contribution in [2.45, 2.75) is 13.3 Å². The molecule has 0 aromatic carbocycles. The van der Waals surface area contributed by atoms with Gasteiger partial charge >= 0.3 is 0 Å². The van der Waals surface area contributed by atoms with Gasteiger partial charge in [-0.15, -0.1) is 22.7 Å². The summed E-state index contributed by atoms with van der Waals surface area (Å²) in [6.45, 7) is 5.35. The van der Waals surface area contributed by atoms with Crippen LogP contribution in [0.4, 0.5) is 5.69 Å². The zero-order valence-electron chi connectivity index (χ0n) is 14.6. The highest BCUT2D eigenvalue weighted by Gasteiger charge is 2.23. The molecule has 1 amide bonds. The van der Waals surface area contributed by atoms with E-state index in [2.05, 4.69) is 27.9 Å². The van der Waals surface area contributed by atoms with Gasteiger partial charge in [0.2, 0.25) is 0 Å². The molecule has 0 spiro atoms. The van der Waals surface area contributed by atoms with Crippen molar-refractivity contribution in [2.75, 3.05) is 31.1 Å². The number of amides is 1.